The van der Waals surface area contributed by atoms with Gasteiger partial charge in [-0.15, -0.1) is 10.2 Å². The van der Waals surface area contributed by atoms with Gasteiger partial charge in [-0.05, 0) is 24.3 Å². The number of hydrogen-bond acceptors (Lipinski definition) is 4. The Morgan fingerprint density at radius 3 is 2.91 bits per heavy atom. The Balaban J connectivity index is 1.66. The number of aromatic nitrogens is 3. The minimum atomic E-state index is -0.193. The zero-order valence-corrected chi connectivity index (χ0v) is 13.5. The highest BCUT2D eigenvalue weighted by atomic mass is 35.5. The normalized spacial score (nSPS) is 10.8. The third-order valence-corrected chi connectivity index (χ3v) is 4.60. The number of carbonyl (C=O) groups excluding carboxylic acids is 1. The van der Waals surface area contributed by atoms with E-state index in [0.717, 1.165) is 5.65 Å². The van der Waals surface area contributed by atoms with Crippen LogP contribution in [0.5, 0.6) is 0 Å². The molecule has 8 heteroatoms. The number of carbonyl (C=O) groups is 1. The first-order valence-electron chi connectivity index (χ1n) is 6.31. The topological polar surface area (TPSA) is 59.3 Å². The quantitative estimate of drug-likeness (QED) is 0.726. The average molecular weight is 353 g/mol. The van der Waals surface area contributed by atoms with Crippen LogP contribution < -0.4 is 5.32 Å². The Morgan fingerprint density at radius 2 is 2.05 bits per heavy atom. The summed E-state index contributed by atoms with van der Waals surface area (Å²) in [7, 11) is 0. The van der Waals surface area contributed by atoms with Gasteiger partial charge in [0, 0.05) is 6.20 Å². The third kappa shape index (κ3) is 3.19. The Kier molecular flexibility index (Phi) is 4.52. The molecule has 3 rings (SSSR count). The summed E-state index contributed by atoms with van der Waals surface area (Å²) in [5, 5.41) is 12.2. The first kappa shape index (κ1) is 15.1. The lowest BCUT2D eigenvalue weighted by Crippen LogP contribution is -2.14. The van der Waals surface area contributed by atoms with E-state index in [4.69, 9.17) is 23.2 Å². The SMILES string of the molecule is O=C(CSc1nnc2ccccn12)Nc1cccc(Cl)c1Cl. The zero-order chi connectivity index (χ0) is 15.5. The minimum Gasteiger partial charge on any atom is -0.324 e. The van der Waals surface area contributed by atoms with Gasteiger partial charge in [0.05, 0.1) is 21.5 Å². The third-order valence-electron chi connectivity index (χ3n) is 2.84. The number of halogens is 2. The van der Waals surface area contributed by atoms with Crippen LogP contribution in [0.25, 0.3) is 5.65 Å². The van der Waals surface area contributed by atoms with Gasteiger partial charge in [-0.1, -0.05) is 47.1 Å². The molecule has 22 heavy (non-hydrogen) atoms. The van der Waals surface area contributed by atoms with Crippen LogP contribution in [-0.2, 0) is 4.79 Å². The summed E-state index contributed by atoms with van der Waals surface area (Å²) >= 11 is 13.2. The van der Waals surface area contributed by atoms with Crippen molar-refractivity contribution >= 4 is 52.2 Å². The first-order valence-corrected chi connectivity index (χ1v) is 8.06. The van der Waals surface area contributed by atoms with Crippen LogP contribution in [-0.4, -0.2) is 26.3 Å². The maximum atomic E-state index is 12.0. The van der Waals surface area contributed by atoms with Gasteiger partial charge in [0.15, 0.2) is 10.8 Å². The lowest BCUT2D eigenvalue weighted by Gasteiger charge is -2.07. The summed E-state index contributed by atoms with van der Waals surface area (Å²) in [6, 6.07) is 10.7. The lowest BCUT2D eigenvalue weighted by atomic mass is 10.3. The van der Waals surface area contributed by atoms with E-state index < -0.39 is 0 Å². The molecular formula is C14H10Cl2N4OS. The predicted molar refractivity (Wildman–Crippen MR) is 88.8 cm³/mol. The van der Waals surface area contributed by atoms with Crippen LogP contribution in [0.4, 0.5) is 5.69 Å². The van der Waals surface area contributed by atoms with E-state index in [1.807, 2.05) is 28.8 Å². The summed E-state index contributed by atoms with van der Waals surface area (Å²) in [4.78, 5) is 12.0. The number of thioether (sulfide) groups is 1. The van der Waals surface area contributed by atoms with Crippen LogP contribution in [0.1, 0.15) is 0 Å². The maximum absolute atomic E-state index is 12.0. The fourth-order valence-corrected chi connectivity index (χ4v) is 2.91. The second-order valence-corrected chi connectivity index (χ2v) is 6.08. The van der Waals surface area contributed by atoms with Crippen molar-refractivity contribution in [2.75, 3.05) is 11.1 Å². The predicted octanol–water partition coefficient (Wildman–Crippen LogP) is 3.77. The van der Waals surface area contributed by atoms with E-state index in [-0.39, 0.29) is 11.7 Å². The average Bonchev–Trinajstić information content (AvgIpc) is 2.93. The van der Waals surface area contributed by atoms with E-state index in [2.05, 4.69) is 15.5 Å². The van der Waals surface area contributed by atoms with Gasteiger partial charge in [-0.2, -0.15) is 0 Å². The molecule has 1 amide bonds. The molecule has 0 unspecified atom stereocenters. The number of nitrogens with zero attached hydrogens (tertiary/aromatic N) is 3. The fraction of sp³-hybridized carbons (Fsp3) is 0.0714. The molecule has 0 radical (unpaired) electrons. The van der Waals surface area contributed by atoms with E-state index in [9.17, 15) is 4.79 Å². The first-order chi connectivity index (χ1) is 10.6. The number of rotatable bonds is 4. The van der Waals surface area contributed by atoms with Crippen LogP contribution in [0.2, 0.25) is 10.0 Å². The highest BCUT2D eigenvalue weighted by Crippen LogP contribution is 2.29. The van der Waals surface area contributed by atoms with Crippen molar-refractivity contribution in [3.8, 4) is 0 Å². The Bertz CT molecular complexity index is 837. The molecule has 0 saturated heterocycles. The highest BCUT2D eigenvalue weighted by Gasteiger charge is 2.11. The van der Waals surface area contributed by atoms with Gasteiger partial charge in [0.2, 0.25) is 5.91 Å². The summed E-state index contributed by atoms with van der Waals surface area (Å²) in [6.07, 6.45) is 1.85. The van der Waals surface area contributed by atoms with Crippen LogP contribution >= 0.6 is 35.0 Å². The molecule has 5 nitrogen and oxygen atoms in total. The van der Waals surface area contributed by atoms with E-state index in [1.165, 1.54) is 11.8 Å². The van der Waals surface area contributed by atoms with E-state index in [0.29, 0.717) is 20.9 Å². The number of fused-ring (bicyclic) bond motifs is 1. The Labute approximate surface area is 140 Å². The molecule has 112 valence electrons. The Morgan fingerprint density at radius 1 is 1.18 bits per heavy atom. The summed E-state index contributed by atoms with van der Waals surface area (Å²) in [6.45, 7) is 0. The second kappa shape index (κ2) is 6.56. The van der Waals surface area contributed by atoms with Crippen molar-refractivity contribution in [2.45, 2.75) is 5.16 Å². The number of hydrogen-bond donors (Lipinski definition) is 1. The molecule has 2 heterocycles. The van der Waals surface area contributed by atoms with Gasteiger partial charge in [-0.25, -0.2) is 0 Å². The van der Waals surface area contributed by atoms with E-state index >= 15 is 0 Å². The molecule has 0 atom stereocenters. The molecule has 0 fully saturated rings. The lowest BCUT2D eigenvalue weighted by molar-refractivity contribution is -0.113. The standard InChI is InChI=1S/C14H10Cl2N4OS/c15-9-4-3-5-10(13(9)16)17-12(21)8-22-14-19-18-11-6-1-2-7-20(11)14/h1-7H,8H2,(H,17,21). The number of pyridine rings is 1. The van der Waals surface area contributed by atoms with Crippen LogP contribution in [0.15, 0.2) is 47.8 Å². The van der Waals surface area contributed by atoms with Gasteiger partial charge in [-0.3, -0.25) is 9.20 Å². The van der Waals surface area contributed by atoms with Crippen molar-refractivity contribution in [1.82, 2.24) is 14.6 Å². The molecule has 3 aromatic rings. The van der Waals surface area contributed by atoms with Gasteiger partial charge in [0.1, 0.15) is 0 Å². The van der Waals surface area contributed by atoms with Gasteiger partial charge >= 0.3 is 0 Å². The molecule has 1 aromatic carbocycles. The van der Waals surface area contributed by atoms with Crippen LogP contribution in [0, 0.1) is 0 Å². The number of nitrogens with one attached hydrogen (secondary N) is 1. The molecule has 0 spiro atoms. The summed E-state index contributed by atoms with van der Waals surface area (Å²) in [5.41, 5.74) is 1.23. The minimum absolute atomic E-state index is 0.193. The highest BCUT2D eigenvalue weighted by molar-refractivity contribution is 7.99. The molecule has 2 aromatic heterocycles. The smallest absolute Gasteiger partial charge is 0.234 e. The van der Waals surface area contributed by atoms with Crippen molar-refractivity contribution in [3.63, 3.8) is 0 Å². The van der Waals surface area contributed by atoms with Crippen LogP contribution in [0.3, 0.4) is 0 Å². The monoisotopic (exact) mass is 352 g/mol. The van der Waals surface area contributed by atoms with Crippen molar-refractivity contribution < 1.29 is 4.79 Å². The molecular weight excluding hydrogens is 343 g/mol. The zero-order valence-electron chi connectivity index (χ0n) is 11.2. The van der Waals surface area contributed by atoms with E-state index in [1.54, 1.807) is 18.2 Å². The number of benzene rings is 1. The number of amides is 1. The molecule has 1 N–H and O–H groups in total. The Hall–Kier alpha value is -1.76. The summed E-state index contributed by atoms with van der Waals surface area (Å²) < 4.78 is 1.82. The fourth-order valence-electron chi connectivity index (χ4n) is 1.83. The maximum Gasteiger partial charge on any atom is 0.234 e. The second-order valence-electron chi connectivity index (χ2n) is 4.35. The molecule has 0 bridgehead atoms. The van der Waals surface area contributed by atoms with Crippen molar-refractivity contribution in [1.29, 1.82) is 0 Å². The van der Waals surface area contributed by atoms with Gasteiger partial charge in [0.25, 0.3) is 0 Å². The summed E-state index contributed by atoms with van der Waals surface area (Å²) in [5.74, 6) is 0.000252. The molecule has 0 aliphatic heterocycles. The molecule has 0 aliphatic rings. The molecule has 0 aliphatic carbocycles. The number of anilines is 1. The van der Waals surface area contributed by atoms with Crippen molar-refractivity contribution in [2.24, 2.45) is 0 Å². The molecule has 0 saturated carbocycles. The van der Waals surface area contributed by atoms with Crippen molar-refractivity contribution in [3.05, 3.63) is 52.6 Å². The van der Waals surface area contributed by atoms with Gasteiger partial charge < -0.3 is 5.32 Å². The largest absolute Gasteiger partial charge is 0.324 e.